The first kappa shape index (κ1) is 71.2. The Morgan fingerprint density at radius 1 is 0.159 bits per heavy atom. The third kappa shape index (κ3) is 11.0. The van der Waals surface area contributed by atoms with E-state index < -0.39 is 5.41 Å². The quantitative estimate of drug-likeness (QED) is 0.113. The van der Waals surface area contributed by atoms with Gasteiger partial charge in [0, 0.05) is 82.2 Å². The summed E-state index contributed by atoms with van der Waals surface area (Å²) in [6, 6.07) is 171. The largest absolute Gasteiger partial charge is 0.455 e. The van der Waals surface area contributed by atoms with E-state index in [1.54, 1.807) is 0 Å². The molecular weight excluding hydrogens is 1530 g/mol. The summed E-state index contributed by atoms with van der Waals surface area (Å²) >= 11 is 0. The maximum Gasteiger partial charge on any atom is 0.143 e. The van der Waals surface area contributed by atoms with Crippen molar-refractivity contribution in [3.05, 3.63) is 483 Å². The Balaban J connectivity index is 0.603. The minimum atomic E-state index is -0.636. The highest BCUT2D eigenvalue weighted by molar-refractivity contribution is 6.16. The Bertz CT molecular complexity index is 8720. The monoisotopic (exact) mass is 1600 g/mol. The van der Waals surface area contributed by atoms with Gasteiger partial charge in [0.1, 0.15) is 11.2 Å². The number of rotatable bonds is 13. The van der Waals surface area contributed by atoms with Crippen molar-refractivity contribution in [3.63, 3.8) is 0 Å². The van der Waals surface area contributed by atoms with Gasteiger partial charge < -0.3 is 22.7 Å². The molecule has 5 heteroatoms. The average Bonchev–Trinajstić information content (AvgIpc) is 1.53. The van der Waals surface area contributed by atoms with Crippen LogP contribution in [-0.2, 0) is 5.41 Å². The van der Waals surface area contributed by atoms with Crippen molar-refractivity contribution < 1.29 is 4.42 Å². The van der Waals surface area contributed by atoms with Crippen LogP contribution in [0.4, 0.5) is 0 Å². The third-order valence-corrected chi connectivity index (χ3v) is 27.0. The number of nitrogens with zero attached hydrogens (tertiary/aromatic N) is 4. The van der Waals surface area contributed by atoms with Gasteiger partial charge in [-0.15, -0.1) is 0 Å². The number of aromatic nitrogens is 4. The zero-order valence-corrected chi connectivity index (χ0v) is 68.6. The lowest BCUT2D eigenvalue weighted by atomic mass is 9.67. The molecule has 0 fully saturated rings. The van der Waals surface area contributed by atoms with Gasteiger partial charge in [-0.3, -0.25) is 0 Å². The third-order valence-electron chi connectivity index (χ3n) is 27.0. The maximum atomic E-state index is 6.66. The summed E-state index contributed by atoms with van der Waals surface area (Å²) in [4.78, 5) is 0. The SMILES string of the molecule is c1ccc(-c2cccc(-n3c4ccccc4c4cc(-c5cccc(-c6ccc7c(c6)c6ccc(-c8ccc9c(c8)-c8cc(-n%10c%11ccccc%11c%11cc(-c%12cccc(-c%13ccc%14c(c%13)c%13ccccc%13n%14-c%13ccccc%13)c%12)ccc%11%10)ccc8C9(c8ccccc8)c8ccccc8)cc6n7-c6ccc(-c7cccc8c7oc7ccccc78)cc6)c5)ccc43)c2)cc1. The second-order valence-electron chi connectivity index (χ2n) is 33.8. The molecule has 0 bridgehead atoms. The van der Waals surface area contributed by atoms with Crippen LogP contribution in [-0.4, -0.2) is 18.3 Å². The van der Waals surface area contributed by atoms with Crippen LogP contribution in [0.25, 0.3) is 221 Å². The molecule has 20 aromatic carbocycles. The molecular formula is C121H76N4O. The lowest BCUT2D eigenvalue weighted by molar-refractivity contribution is 0.670. The van der Waals surface area contributed by atoms with Crippen molar-refractivity contribution in [2.45, 2.75) is 5.41 Å². The summed E-state index contributed by atoms with van der Waals surface area (Å²) in [6.45, 7) is 0. The molecule has 0 aliphatic heterocycles. The standard InChI is InChI=1S/C121H76N4O/c1-5-25-77(26-6-1)83-31-23-38-94(69-83)124-112-46-18-14-40-98(112)106-72-86(55-65-116(106)124)81-29-22-30-82(68-81)88-54-64-115-108(74-88)100-60-51-89(75-118(100)123(115)93-57-49-78(50-58-93)96-43-24-44-102-101-42-16-20-48-119(101)126-120(96)102)84-52-61-109-103(70-84)104-76-95(59-62-110(104)121(109,90-32-7-2-8-33-90)91-34-9-3-10-35-91)125-113-47-19-15-41-99(113)107-73-87(56-66-117(107)125)80-28-21-27-79(67-80)85-53-63-114-105(71-85)97-39-13-17-45-111(97)122(114)92-36-11-4-12-37-92/h1-76H. The topological polar surface area (TPSA) is 32.9 Å². The fraction of sp³-hybridized carbons (Fsp3) is 0.00826. The highest BCUT2D eigenvalue weighted by Gasteiger charge is 2.46. The molecule has 0 radical (unpaired) electrons. The van der Waals surface area contributed by atoms with E-state index in [0.29, 0.717) is 0 Å². The van der Waals surface area contributed by atoms with Crippen LogP contribution in [0.3, 0.4) is 0 Å². The van der Waals surface area contributed by atoms with Crippen LogP contribution in [0.5, 0.6) is 0 Å². The van der Waals surface area contributed by atoms with Crippen molar-refractivity contribution in [1.82, 2.24) is 18.3 Å². The average molecular weight is 1600 g/mol. The molecule has 25 aromatic rings. The number of fused-ring (bicyclic) bond motifs is 18. The second-order valence-corrected chi connectivity index (χ2v) is 33.8. The molecule has 0 saturated heterocycles. The van der Waals surface area contributed by atoms with Gasteiger partial charge in [0.15, 0.2) is 0 Å². The first-order chi connectivity index (χ1) is 62.4. The summed E-state index contributed by atoms with van der Waals surface area (Å²) in [5, 5.41) is 11.9. The van der Waals surface area contributed by atoms with Gasteiger partial charge in [-0.05, 0) is 251 Å². The van der Waals surface area contributed by atoms with Crippen molar-refractivity contribution in [2.75, 3.05) is 0 Å². The van der Waals surface area contributed by atoms with E-state index in [1.165, 1.54) is 137 Å². The summed E-state index contributed by atoms with van der Waals surface area (Å²) in [5.41, 5.74) is 38.4. The van der Waals surface area contributed by atoms with Crippen LogP contribution in [0.15, 0.2) is 465 Å². The predicted molar refractivity (Wildman–Crippen MR) is 526 cm³/mol. The zero-order valence-electron chi connectivity index (χ0n) is 68.6. The molecule has 0 amide bonds. The molecule has 126 heavy (non-hydrogen) atoms. The Morgan fingerprint density at radius 3 is 1.02 bits per heavy atom. The molecule has 5 nitrogen and oxygen atoms in total. The molecule has 1 aliphatic carbocycles. The molecule has 26 rings (SSSR count). The summed E-state index contributed by atoms with van der Waals surface area (Å²) in [6.07, 6.45) is 0. The Hall–Kier alpha value is -16.6. The van der Waals surface area contributed by atoms with Gasteiger partial charge in [-0.2, -0.15) is 0 Å². The first-order valence-corrected chi connectivity index (χ1v) is 43.5. The molecule has 586 valence electrons. The summed E-state index contributed by atoms with van der Waals surface area (Å²) < 4.78 is 16.4. The maximum absolute atomic E-state index is 6.66. The number of para-hydroxylation sites is 6. The van der Waals surface area contributed by atoms with Crippen LogP contribution in [0.1, 0.15) is 22.3 Å². The molecule has 0 N–H and O–H groups in total. The number of benzene rings is 20. The number of furan rings is 1. The fourth-order valence-corrected chi connectivity index (χ4v) is 21.3. The van der Waals surface area contributed by atoms with Crippen molar-refractivity contribution in [3.8, 4) is 112 Å². The van der Waals surface area contributed by atoms with Crippen molar-refractivity contribution in [1.29, 1.82) is 0 Å². The van der Waals surface area contributed by atoms with E-state index in [2.05, 4.69) is 473 Å². The number of hydrogen-bond donors (Lipinski definition) is 0. The Kier molecular flexibility index (Phi) is 16.0. The van der Waals surface area contributed by atoms with E-state index in [4.69, 9.17) is 4.42 Å². The van der Waals surface area contributed by atoms with Crippen LogP contribution in [0, 0.1) is 0 Å². The smallest absolute Gasteiger partial charge is 0.143 e. The minimum absolute atomic E-state index is 0.636. The summed E-state index contributed by atoms with van der Waals surface area (Å²) in [7, 11) is 0. The van der Waals surface area contributed by atoms with Crippen LogP contribution in [0.2, 0.25) is 0 Å². The molecule has 0 saturated carbocycles. The van der Waals surface area contributed by atoms with Crippen LogP contribution < -0.4 is 0 Å². The van der Waals surface area contributed by atoms with Crippen molar-refractivity contribution in [2.24, 2.45) is 0 Å². The first-order valence-electron chi connectivity index (χ1n) is 43.5. The summed E-state index contributed by atoms with van der Waals surface area (Å²) in [5.74, 6) is 0. The van der Waals surface area contributed by atoms with Crippen molar-refractivity contribution >= 4 is 109 Å². The molecule has 1 aliphatic rings. The van der Waals surface area contributed by atoms with Gasteiger partial charge in [-0.1, -0.05) is 315 Å². The number of hydrogen-bond acceptors (Lipinski definition) is 1. The minimum Gasteiger partial charge on any atom is -0.455 e. The van der Waals surface area contributed by atoms with Crippen LogP contribution >= 0.6 is 0 Å². The van der Waals surface area contributed by atoms with E-state index in [1.807, 2.05) is 6.07 Å². The Morgan fingerprint density at radius 2 is 0.484 bits per heavy atom. The van der Waals surface area contributed by atoms with Gasteiger partial charge in [0.05, 0.1) is 49.5 Å². The molecule has 0 unspecified atom stereocenters. The lowest BCUT2D eigenvalue weighted by Gasteiger charge is -2.34. The molecule has 0 spiro atoms. The van der Waals surface area contributed by atoms with E-state index in [9.17, 15) is 0 Å². The fourth-order valence-electron chi connectivity index (χ4n) is 21.3. The lowest BCUT2D eigenvalue weighted by Crippen LogP contribution is -2.28. The molecule has 5 aromatic heterocycles. The Labute approximate surface area is 727 Å². The van der Waals surface area contributed by atoms with Gasteiger partial charge in [0.25, 0.3) is 0 Å². The molecule has 5 heterocycles. The normalized spacial score (nSPS) is 12.5. The van der Waals surface area contributed by atoms with Gasteiger partial charge in [0.2, 0.25) is 0 Å². The predicted octanol–water partition coefficient (Wildman–Crippen LogP) is 32.0. The second kappa shape index (κ2) is 28.2. The van der Waals surface area contributed by atoms with E-state index in [0.717, 1.165) is 106 Å². The highest BCUT2D eigenvalue weighted by atomic mass is 16.3. The molecule has 0 atom stereocenters. The highest BCUT2D eigenvalue weighted by Crippen LogP contribution is 2.58. The van der Waals surface area contributed by atoms with E-state index >= 15 is 0 Å². The zero-order chi connectivity index (χ0) is 82.7. The van der Waals surface area contributed by atoms with Gasteiger partial charge >= 0.3 is 0 Å². The van der Waals surface area contributed by atoms with Gasteiger partial charge in [-0.25, -0.2) is 0 Å². The van der Waals surface area contributed by atoms with E-state index in [-0.39, 0.29) is 0 Å².